The second kappa shape index (κ2) is 6.40. The average molecular weight is 261 g/mol. The number of benzene rings is 1. The quantitative estimate of drug-likeness (QED) is 0.901. The second-order valence-electron chi connectivity index (χ2n) is 5.81. The standard InChI is InChI=1S/C16H27N3/c1-13-5-4-6-16(15(13)3)19-11-9-18(10-12-19)8-7-14(2)17/h4-6,14H,7-12,17H2,1-3H3. The van der Waals surface area contributed by atoms with E-state index < -0.39 is 0 Å². The zero-order chi connectivity index (χ0) is 13.8. The van der Waals surface area contributed by atoms with E-state index in [0.717, 1.165) is 39.1 Å². The van der Waals surface area contributed by atoms with E-state index in [-0.39, 0.29) is 0 Å². The van der Waals surface area contributed by atoms with Gasteiger partial charge in [-0.2, -0.15) is 0 Å². The van der Waals surface area contributed by atoms with Crippen LogP contribution < -0.4 is 10.6 Å². The predicted molar refractivity (Wildman–Crippen MR) is 82.8 cm³/mol. The van der Waals surface area contributed by atoms with Gasteiger partial charge < -0.3 is 10.6 Å². The predicted octanol–water partition coefficient (Wildman–Crippen LogP) is 2.16. The van der Waals surface area contributed by atoms with Crippen molar-refractivity contribution in [2.45, 2.75) is 33.2 Å². The molecule has 1 fully saturated rings. The minimum Gasteiger partial charge on any atom is -0.369 e. The summed E-state index contributed by atoms with van der Waals surface area (Å²) in [6.45, 7) is 12.2. The van der Waals surface area contributed by atoms with Crippen LogP contribution in [0.5, 0.6) is 0 Å². The Bertz CT molecular complexity index is 406. The molecule has 1 aromatic rings. The molecule has 106 valence electrons. The number of rotatable bonds is 4. The van der Waals surface area contributed by atoms with Gasteiger partial charge >= 0.3 is 0 Å². The smallest absolute Gasteiger partial charge is 0.0399 e. The van der Waals surface area contributed by atoms with Crippen LogP contribution in [0.4, 0.5) is 5.69 Å². The van der Waals surface area contributed by atoms with Crippen LogP contribution in [0.1, 0.15) is 24.5 Å². The van der Waals surface area contributed by atoms with E-state index >= 15 is 0 Å². The van der Waals surface area contributed by atoms with Crippen LogP contribution in [0.2, 0.25) is 0 Å². The highest BCUT2D eigenvalue weighted by atomic mass is 15.3. The van der Waals surface area contributed by atoms with Crippen LogP contribution in [0.15, 0.2) is 18.2 Å². The van der Waals surface area contributed by atoms with Crippen LogP contribution in [0, 0.1) is 13.8 Å². The molecule has 1 saturated heterocycles. The fraction of sp³-hybridized carbons (Fsp3) is 0.625. The lowest BCUT2D eigenvalue weighted by Crippen LogP contribution is -2.47. The van der Waals surface area contributed by atoms with Gasteiger partial charge in [0.2, 0.25) is 0 Å². The SMILES string of the molecule is Cc1cccc(N2CCN(CCC(C)N)CC2)c1C. The number of hydrogen-bond donors (Lipinski definition) is 1. The van der Waals surface area contributed by atoms with Crippen molar-refractivity contribution in [2.24, 2.45) is 5.73 Å². The molecule has 1 aromatic carbocycles. The molecule has 0 radical (unpaired) electrons. The van der Waals surface area contributed by atoms with Crippen LogP contribution in [0.3, 0.4) is 0 Å². The monoisotopic (exact) mass is 261 g/mol. The van der Waals surface area contributed by atoms with Gasteiger partial charge in [-0.25, -0.2) is 0 Å². The first-order chi connectivity index (χ1) is 9.08. The molecule has 0 saturated carbocycles. The fourth-order valence-electron chi connectivity index (χ4n) is 2.68. The fourth-order valence-corrected chi connectivity index (χ4v) is 2.68. The Hall–Kier alpha value is -1.06. The number of nitrogens with zero attached hydrogens (tertiary/aromatic N) is 2. The maximum atomic E-state index is 5.83. The maximum Gasteiger partial charge on any atom is 0.0399 e. The summed E-state index contributed by atoms with van der Waals surface area (Å²) in [7, 11) is 0. The van der Waals surface area contributed by atoms with E-state index in [0.29, 0.717) is 6.04 Å². The van der Waals surface area contributed by atoms with Crippen LogP contribution in [0.25, 0.3) is 0 Å². The summed E-state index contributed by atoms with van der Waals surface area (Å²) in [5.74, 6) is 0. The van der Waals surface area contributed by atoms with Crippen molar-refractivity contribution in [2.75, 3.05) is 37.6 Å². The van der Waals surface area contributed by atoms with Crippen molar-refractivity contribution in [3.8, 4) is 0 Å². The van der Waals surface area contributed by atoms with Gasteiger partial charge in [0.05, 0.1) is 0 Å². The number of aryl methyl sites for hydroxylation is 1. The number of hydrogen-bond acceptors (Lipinski definition) is 3. The molecule has 0 spiro atoms. The van der Waals surface area contributed by atoms with Crippen molar-refractivity contribution in [3.05, 3.63) is 29.3 Å². The van der Waals surface area contributed by atoms with Crippen molar-refractivity contribution in [1.82, 2.24) is 4.90 Å². The zero-order valence-electron chi connectivity index (χ0n) is 12.5. The minimum absolute atomic E-state index is 0.317. The van der Waals surface area contributed by atoms with Crippen molar-refractivity contribution >= 4 is 5.69 Å². The lowest BCUT2D eigenvalue weighted by Gasteiger charge is -2.37. The van der Waals surface area contributed by atoms with Crippen molar-refractivity contribution < 1.29 is 0 Å². The third-order valence-corrected chi connectivity index (χ3v) is 4.19. The molecule has 3 nitrogen and oxygen atoms in total. The molecule has 2 N–H and O–H groups in total. The largest absolute Gasteiger partial charge is 0.369 e. The third kappa shape index (κ3) is 3.71. The third-order valence-electron chi connectivity index (χ3n) is 4.19. The van der Waals surface area contributed by atoms with Gasteiger partial charge in [-0.1, -0.05) is 12.1 Å². The molecule has 0 bridgehead atoms. The Kier molecular flexibility index (Phi) is 4.83. The molecule has 19 heavy (non-hydrogen) atoms. The maximum absolute atomic E-state index is 5.83. The molecule has 3 heteroatoms. The summed E-state index contributed by atoms with van der Waals surface area (Å²) in [5.41, 5.74) is 10.0. The van der Waals surface area contributed by atoms with Crippen molar-refractivity contribution in [3.63, 3.8) is 0 Å². The van der Waals surface area contributed by atoms with E-state index in [1.165, 1.54) is 16.8 Å². The Labute approximate surface area is 117 Å². The number of nitrogens with two attached hydrogens (primary N) is 1. The number of piperazine rings is 1. The first kappa shape index (κ1) is 14.4. The lowest BCUT2D eigenvalue weighted by molar-refractivity contribution is 0.250. The van der Waals surface area contributed by atoms with Gasteiger partial charge in [-0.05, 0) is 50.9 Å². The van der Waals surface area contributed by atoms with Gasteiger partial charge in [0.15, 0.2) is 0 Å². The molecule has 0 amide bonds. The molecule has 1 heterocycles. The van der Waals surface area contributed by atoms with Gasteiger partial charge in [0.1, 0.15) is 0 Å². The summed E-state index contributed by atoms with van der Waals surface area (Å²) in [4.78, 5) is 5.05. The Balaban J connectivity index is 1.91. The summed E-state index contributed by atoms with van der Waals surface area (Å²) < 4.78 is 0. The Morgan fingerprint density at radius 3 is 2.47 bits per heavy atom. The van der Waals surface area contributed by atoms with Gasteiger partial charge in [0, 0.05) is 37.9 Å². The zero-order valence-corrected chi connectivity index (χ0v) is 12.5. The highest BCUT2D eigenvalue weighted by Gasteiger charge is 2.18. The number of anilines is 1. The van der Waals surface area contributed by atoms with Gasteiger partial charge in [0.25, 0.3) is 0 Å². The van der Waals surface area contributed by atoms with Gasteiger partial charge in [-0.15, -0.1) is 0 Å². The molecule has 0 aliphatic carbocycles. The summed E-state index contributed by atoms with van der Waals surface area (Å²) in [6.07, 6.45) is 1.10. The Morgan fingerprint density at radius 2 is 1.84 bits per heavy atom. The van der Waals surface area contributed by atoms with Crippen LogP contribution >= 0.6 is 0 Å². The molecule has 1 unspecified atom stereocenters. The van der Waals surface area contributed by atoms with E-state index in [1.807, 2.05) is 0 Å². The van der Waals surface area contributed by atoms with Crippen LogP contribution in [-0.4, -0.2) is 43.7 Å². The first-order valence-electron chi connectivity index (χ1n) is 7.37. The normalized spacial score (nSPS) is 18.6. The molecule has 1 aliphatic rings. The minimum atomic E-state index is 0.317. The molecule has 0 aromatic heterocycles. The summed E-state index contributed by atoms with van der Waals surface area (Å²) >= 11 is 0. The molecular formula is C16H27N3. The van der Waals surface area contributed by atoms with E-state index in [9.17, 15) is 0 Å². The Morgan fingerprint density at radius 1 is 1.16 bits per heavy atom. The topological polar surface area (TPSA) is 32.5 Å². The summed E-state index contributed by atoms with van der Waals surface area (Å²) in [6, 6.07) is 6.93. The molecule has 1 aliphatic heterocycles. The highest BCUT2D eigenvalue weighted by Crippen LogP contribution is 2.23. The first-order valence-corrected chi connectivity index (χ1v) is 7.37. The van der Waals surface area contributed by atoms with E-state index in [2.05, 4.69) is 48.8 Å². The summed E-state index contributed by atoms with van der Waals surface area (Å²) in [5, 5.41) is 0. The van der Waals surface area contributed by atoms with Crippen molar-refractivity contribution in [1.29, 1.82) is 0 Å². The van der Waals surface area contributed by atoms with Gasteiger partial charge in [-0.3, -0.25) is 4.90 Å². The molecule has 1 atom stereocenters. The van der Waals surface area contributed by atoms with Crippen LogP contribution in [-0.2, 0) is 0 Å². The average Bonchev–Trinajstić information content (AvgIpc) is 2.40. The lowest BCUT2D eigenvalue weighted by atomic mass is 10.1. The molecular weight excluding hydrogens is 234 g/mol. The second-order valence-corrected chi connectivity index (χ2v) is 5.81. The van der Waals surface area contributed by atoms with E-state index in [4.69, 9.17) is 5.73 Å². The van der Waals surface area contributed by atoms with E-state index in [1.54, 1.807) is 0 Å². The molecule has 2 rings (SSSR count). The highest BCUT2D eigenvalue weighted by molar-refractivity contribution is 5.56.